The maximum absolute atomic E-state index is 12.0. The standard InChI is InChI=1S/C15H27N5O/c1-3-15(7-4-5-8-15)10-17-14(21)19-13(2)6-9-20-12-16-11-18-20/h11-13H,3-10H2,1-2H3,(H2,17,19,21). The van der Waals surface area contributed by atoms with Gasteiger partial charge in [0.1, 0.15) is 12.7 Å². The van der Waals surface area contributed by atoms with Crippen molar-refractivity contribution in [3.8, 4) is 0 Å². The number of nitrogens with zero attached hydrogens (tertiary/aromatic N) is 3. The van der Waals surface area contributed by atoms with Gasteiger partial charge in [-0.1, -0.05) is 19.8 Å². The molecule has 1 atom stereocenters. The quantitative estimate of drug-likeness (QED) is 0.810. The molecule has 6 nitrogen and oxygen atoms in total. The lowest BCUT2D eigenvalue weighted by atomic mass is 9.83. The number of rotatable bonds is 7. The molecular weight excluding hydrogens is 266 g/mol. The average Bonchev–Trinajstić information content (AvgIpc) is 3.15. The Kier molecular flexibility index (Phi) is 5.59. The van der Waals surface area contributed by atoms with Crippen LogP contribution in [0.2, 0.25) is 0 Å². The number of hydrogen-bond donors (Lipinski definition) is 2. The molecule has 1 aliphatic rings. The van der Waals surface area contributed by atoms with Gasteiger partial charge in [0, 0.05) is 19.1 Å². The van der Waals surface area contributed by atoms with E-state index in [2.05, 4.69) is 27.6 Å². The van der Waals surface area contributed by atoms with Gasteiger partial charge >= 0.3 is 6.03 Å². The molecule has 1 saturated carbocycles. The highest BCUT2D eigenvalue weighted by atomic mass is 16.2. The Morgan fingerprint density at radius 1 is 1.43 bits per heavy atom. The minimum atomic E-state index is -0.0548. The fraction of sp³-hybridized carbons (Fsp3) is 0.800. The number of aromatic nitrogens is 3. The van der Waals surface area contributed by atoms with Gasteiger partial charge in [-0.3, -0.25) is 4.68 Å². The van der Waals surface area contributed by atoms with E-state index < -0.39 is 0 Å². The fourth-order valence-corrected chi connectivity index (χ4v) is 3.07. The van der Waals surface area contributed by atoms with Crippen molar-refractivity contribution >= 4 is 6.03 Å². The third-order valence-electron chi connectivity index (χ3n) is 4.67. The summed E-state index contributed by atoms with van der Waals surface area (Å²) in [4.78, 5) is 15.9. The number of hydrogen-bond acceptors (Lipinski definition) is 3. The first-order chi connectivity index (χ1) is 10.1. The number of urea groups is 1. The fourth-order valence-electron chi connectivity index (χ4n) is 3.07. The Morgan fingerprint density at radius 2 is 2.19 bits per heavy atom. The Labute approximate surface area is 126 Å². The molecule has 21 heavy (non-hydrogen) atoms. The molecule has 1 fully saturated rings. The van der Waals surface area contributed by atoms with Crippen molar-refractivity contribution in [3.05, 3.63) is 12.7 Å². The first-order valence-corrected chi connectivity index (χ1v) is 8.00. The van der Waals surface area contributed by atoms with E-state index in [1.54, 1.807) is 11.0 Å². The normalized spacial score (nSPS) is 18.4. The molecule has 2 N–H and O–H groups in total. The second-order valence-corrected chi connectivity index (χ2v) is 6.24. The zero-order chi connectivity index (χ0) is 15.1. The molecule has 0 aromatic carbocycles. The maximum atomic E-state index is 12.0. The predicted molar refractivity (Wildman–Crippen MR) is 81.8 cm³/mol. The van der Waals surface area contributed by atoms with Crippen LogP contribution >= 0.6 is 0 Å². The van der Waals surface area contributed by atoms with E-state index >= 15 is 0 Å². The smallest absolute Gasteiger partial charge is 0.315 e. The van der Waals surface area contributed by atoms with E-state index in [-0.39, 0.29) is 12.1 Å². The molecule has 0 aliphatic heterocycles. The zero-order valence-corrected chi connectivity index (χ0v) is 13.1. The van der Waals surface area contributed by atoms with Gasteiger partial charge in [0.15, 0.2) is 0 Å². The minimum Gasteiger partial charge on any atom is -0.338 e. The van der Waals surface area contributed by atoms with Gasteiger partial charge in [-0.2, -0.15) is 5.10 Å². The molecule has 1 heterocycles. The van der Waals surface area contributed by atoms with Crippen LogP contribution in [0, 0.1) is 5.41 Å². The van der Waals surface area contributed by atoms with Crippen LogP contribution < -0.4 is 10.6 Å². The van der Waals surface area contributed by atoms with Gasteiger partial charge in [-0.05, 0) is 38.0 Å². The van der Waals surface area contributed by atoms with Crippen LogP contribution in [0.15, 0.2) is 12.7 Å². The third kappa shape index (κ3) is 4.72. The molecule has 1 aromatic rings. The van der Waals surface area contributed by atoms with Crippen LogP contribution in [-0.4, -0.2) is 33.4 Å². The summed E-state index contributed by atoms with van der Waals surface area (Å²) in [5.74, 6) is 0. The first-order valence-electron chi connectivity index (χ1n) is 8.00. The summed E-state index contributed by atoms with van der Waals surface area (Å²) in [6, 6.07) is 0.0659. The van der Waals surface area contributed by atoms with Crippen molar-refractivity contribution in [1.82, 2.24) is 25.4 Å². The van der Waals surface area contributed by atoms with E-state index in [1.807, 2.05) is 6.92 Å². The molecule has 0 saturated heterocycles. The third-order valence-corrected chi connectivity index (χ3v) is 4.67. The molecule has 118 valence electrons. The van der Waals surface area contributed by atoms with Crippen molar-refractivity contribution in [2.75, 3.05) is 6.54 Å². The summed E-state index contributed by atoms with van der Waals surface area (Å²) >= 11 is 0. The summed E-state index contributed by atoms with van der Waals surface area (Å²) in [6.07, 6.45) is 10.3. The second kappa shape index (κ2) is 7.43. The average molecular weight is 293 g/mol. The lowest BCUT2D eigenvalue weighted by Crippen LogP contribution is -2.45. The number of carbonyl (C=O) groups is 1. The van der Waals surface area contributed by atoms with Gasteiger partial charge < -0.3 is 10.6 Å². The van der Waals surface area contributed by atoms with Crippen LogP contribution in [-0.2, 0) is 6.54 Å². The number of amides is 2. The highest BCUT2D eigenvalue weighted by molar-refractivity contribution is 5.74. The summed E-state index contributed by atoms with van der Waals surface area (Å²) in [5, 5.41) is 10.1. The number of nitrogens with one attached hydrogen (secondary N) is 2. The van der Waals surface area contributed by atoms with Crippen molar-refractivity contribution in [2.24, 2.45) is 5.41 Å². The van der Waals surface area contributed by atoms with Gasteiger partial charge in [0.25, 0.3) is 0 Å². The molecule has 6 heteroatoms. The van der Waals surface area contributed by atoms with E-state index in [0.717, 1.165) is 25.9 Å². The molecule has 2 amide bonds. The minimum absolute atomic E-state index is 0.0548. The monoisotopic (exact) mass is 293 g/mol. The van der Waals surface area contributed by atoms with Crippen molar-refractivity contribution in [3.63, 3.8) is 0 Å². The Balaban J connectivity index is 1.66. The Bertz CT molecular complexity index is 425. The summed E-state index contributed by atoms with van der Waals surface area (Å²) in [5.41, 5.74) is 0.335. The van der Waals surface area contributed by atoms with Crippen molar-refractivity contribution in [2.45, 2.75) is 65.0 Å². The van der Waals surface area contributed by atoms with Crippen LogP contribution in [0.5, 0.6) is 0 Å². The van der Waals surface area contributed by atoms with Crippen molar-refractivity contribution < 1.29 is 4.79 Å². The lowest BCUT2D eigenvalue weighted by Gasteiger charge is -2.28. The molecule has 0 radical (unpaired) electrons. The molecule has 1 aromatic heterocycles. The molecule has 1 aliphatic carbocycles. The predicted octanol–water partition coefficient (Wildman–Crippen LogP) is 2.33. The van der Waals surface area contributed by atoms with Crippen molar-refractivity contribution in [1.29, 1.82) is 0 Å². The van der Waals surface area contributed by atoms with Gasteiger partial charge in [-0.25, -0.2) is 9.78 Å². The van der Waals surface area contributed by atoms with Gasteiger partial charge in [-0.15, -0.1) is 0 Å². The molecule has 1 unspecified atom stereocenters. The largest absolute Gasteiger partial charge is 0.338 e. The maximum Gasteiger partial charge on any atom is 0.315 e. The summed E-state index contributed by atoms with van der Waals surface area (Å²) < 4.78 is 1.78. The summed E-state index contributed by atoms with van der Waals surface area (Å²) in [7, 11) is 0. The van der Waals surface area contributed by atoms with Gasteiger partial charge in [0.05, 0.1) is 0 Å². The van der Waals surface area contributed by atoms with Crippen LogP contribution in [0.1, 0.15) is 52.4 Å². The first kappa shape index (κ1) is 15.8. The number of aryl methyl sites for hydroxylation is 1. The van der Waals surface area contributed by atoms with E-state index in [1.165, 1.54) is 32.0 Å². The molecular formula is C15H27N5O. The highest BCUT2D eigenvalue weighted by Gasteiger charge is 2.32. The topological polar surface area (TPSA) is 71.8 Å². The Hall–Kier alpha value is -1.59. The Morgan fingerprint density at radius 3 is 2.81 bits per heavy atom. The number of carbonyl (C=O) groups excluding carboxylic acids is 1. The van der Waals surface area contributed by atoms with Crippen LogP contribution in [0.25, 0.3) is 0 Å². The summed E-state index contributed by atoms with van der Waals surface area (Å²) in [6.45, 7) is 5.80. The lowest BCUT2D eigenvalue weighted by molar-refractivity contribution is 0.221. The molecule has 0 bridgehead atoms. The van der Waals surface area contributed by atoms with E-state index in [9.17, 15) is 4.79 Å². The highest BCUT2D eigenvalue weighted by Crippen LogP contribution is 2.40. The van der Waals surface area contributed by atoms with Crippen LogP contribution in [0.4, 0.5) is 4.79 Å². The van der Waals surface area contributed by atoms with E-state index in [0.29, 0.717) is 5.41 Å². The second-order valence-electron chi connectivity index (χ2n) is 6.24. The zero-order valence-electron chi connectivity index (χ0n) is 13.1. The van der Waals surface area contributed by atoms with E-state index in [4.69, 9.17) is 0 Å². The van der Waals surface area contributed by atoms with Crippen LogP contribution in [0.3, 0.4) is 0 Å². The van der Waals surface area contributed by atoms with Gasteiger partial charge in [0.2, 0.25) is 0 Å². The molecule has 2 rings (SSSR count). The molecule has 0 spiro atoms. The SMILES string of the molecule is CCC1(CNC(=O)NC(C)CCn2cncn2)CCCC1.